The maximum absolute atomic E-state index is 13.7. The van der Waals surface area contributed by atoms with E-state index in [2.05, 4.69) is 5.32 Å². The molecule has 3 N–H and O–H groups in total. The first-order chi connectivity index (χ1) is 18.1. The molecule has 0 aliphatic carbocycles. The number of hydrogen-bond donors (Lipinski definition) is 3. The zero-order valence-corrected chi connectivity index (χ0v) is 22.6. The summed E-state index contributed by atoms with van der Waals surface area (Å²) in [4.78, 5) is 23.4. The van der Waals surface area contributed by atoms with Crippen LogP contribution in [0.1, 0.15) is 33.6 Å². The molecule has 0 bridgehead atoms. The lowest BCUT2D eigenvalue weighted by molar-refractivity contribution is -0.139. The van der Waals surface area contributed by atoms with E-state index < -0.39 is 33.8 Å². The first-order valence-electron chi connectivity index (χ1n) is 12.1. The third kappa shape index (κ3) is 6.01. The molecule has 0 radical (unpaired) electrons. The molecule has 1 aromatic heterocycles. The Labute approximate surface area is 225 Å². The molecule has 1 unspecified atom stereocenters. The Hall–Kier alpha value is -3.41. The topological polar surface area (TPSA) is 139 Å². The minimum Gasteiger partial charge on any atom is -0.480 e. The first-order valence-corrected chi connectivity index (χ1v) is 14.4. The second kappa shape index (κ2) is 11.5. The van der Waals surface area contributed by atoms with Crippen LogP contribution in [0.4, 0.5) is 0 Å². The van der Waals surface area contributed by atoms with Gasteiger partial charge in [-0.2, -0.15) is 0 Å². The van der Waals surface area contributed by atoms with Crippen LogP contribution in [0.2, 0.25) is 0 Å². The number of rotatable bonds is 10. The van der Waals surface area contributed by atoms with Gasteiger partial charge in [0, 0.05) is 16.4 Å². The second-order valence-corrected chi connectivity index (χ2v) is 12.2. The number of nitrogens with one attached hydrogen (secondary N) is 1. The Balaban J connectivity index is 1.70. The fourth-order valence-corrected chi connectivity index (χ4v) is 7.35. The SMILES string of the molecule is Cc1ccc(S(=O)(=O)C(Oc2cccc(-c3sc(C(=O)O)c(OCC(=O)O)c3C)c2)C2CCNCC2)cc1. The van der Waals surface area contributed by atoms with Crippen molar-refractivity contribution in [2.75, 3.05) is 19.7 Å². The van der Waals surface area contributed by atoms with Crippen molar-refractivity contribution in [2.24, 2.45) is 5.92 Å². The summed E-state index contributed by atoms with van der Waals surface area (Å²) in [5.74, 6) is -2.33. The number of hydrogen-bond acceptors (Lipinski definition) is 8. The van der Waals surface area contributed by atoms with Crippen LogP contribution in [0.25, 0.3) is 10.4 Å². The second-order valence-electron chi connectivity index (χ2n) is 9.16. The van der Waals surface area contributed by atoms with E-state index in [1.165, 1.54) is 0 Å². The largest absolute Gasteiger partial charge is 0.480 e. The summed E-state index contributed by atoms with van der Waals surface area (Å²) in [6.07, 6.45) is 1.29. The van der Waals surface area contributed by atoms with Crippen LogP contribution in [-0.4, -0.2) is 55.7 Å². The maximum atomic E-state index is 13.7. The monoisotopic (exact) mass is 559 g/mol. The summed E-state index contributed by atoms with van der Waals surface area (Å²) in [5.41, 5.74) is 0.938. The summed E-state index contributed by atoms with van der Waals surface area (Å²) in [6, 6.07) is 13.5. The number of ether oxygens (including phenoxy) is 2. The molecule has 1 aliphatic rings. The number of benzene rings is 2. The van der Waals surface area contributed by atoms with Crippen molar-refractivity contribution in [3.05, 3.63) is 64.5 Å². The van der Waals surface area contributed by atoms with Gasteiger partial charge in [-0.3, -0.25) is 0 Å². The Kier molecular flexibility index (Phi) is 8.39. The van der Waals surface area contributed by atoms with Gasteiger partial charge in [0.15, 0.2) is 11.5 Å². The van der Waals surface area contributed by atoms with Crippen LogP contribution >= 0.6 is 11.3 Å². The minimum atomic E-state index is -3.83. The molecule has 1 saturated heterocycles. The fourth-order valence-electron chi connectivity index (χ4n) is 4.46. The van der Waals surface area contributed by atoms with E-state index >= 15 is 0 Å². The smallest absolute Gasteiger partial charge is 0.349 e. The van der Waals surface area contributed by atoms with Gasteiger partial charge in [0.2, 0.25) is 15.3 Å². The van der Waals surface area contributed by atoms with E-state index in [0.29, 0.717) is 47.7 Å². The number of piperidine rings is 1. The molecule has 38 heavy (non-hydrogen) atoms. The van der Waals surface area contributed by atoms with Crippen molar-refractivity contribution in [3.8, 4) is 21.9 Å². The Morgan fingerprint density at radius 2 is 1.76 bits per heavy atom. The van der Waals surface area contributed by atoms with Gasteiger partial charge in [-0.05, 0) is 69.6 Å². The molecule has 0 spiro atoms. The zero-order chi connectivity index (χ0) is 27.4. The van der Waals surface area contributed by atoms with E-state index in [-0.39, 0.29) is 21.4 Å². The van der Waals surface area contributed by atoms with Crippen molar-refractivity contribution in [1.29, 1.82) is 0 Å². The number of aromatic carboxylic acids is 1. The molecule has 1 aliphatic heterocycles. The van der Waals surface area contributed by atoms with Crippen LogP contribution < -0.4 is 14.8 Å². The van der Waals surface area contributed by atoms with E-state index in [0.717, 1.165) is 16.9 Å². The van der Waals surface area contributed by atoms with Crippen LogP contribution in [0.5, 0.6) is 11.5 Å². The Bertz CT molecular complexity index is 1420. The number of carboxylic acids is 2. The molecule has 0 amide bonds. The normalized spacial score (nSPS) is 15.1. The third-order valence-electron chi connectivity index (χ3n) is 6.40. The molecule has 2 heterocycles. The van der Waals surface area contributed by atoms with E-state index in [1.54, 1.807) is 55.5 Å². The van der Waals surface area contributed by atoms with Gasteiger partial charge < -0.3 is 25.0 Å². The van der Waals surface area contributed by atoms with Crippen molar-refractivity contribution >= 4 is 33.1 Å². The average Bonchev–Trinajstić information content (AvgIpc) is 3.23. The number of aliphatic carboxylic acids is 1. The van der Waals surface area contributed by atoms with Gasteiger partial charge in [0.25, 0.3) is 0 Å². The Morgan fingerprint density at radius 3 is 2.39 bits per heavy atom. The van der Waals surface area contributed by atoms with Gasteiger partial charge in [0.1, 0.15) is 11.5 Å². The van der Waals surface area contributed by atoms with E-state index in [1.807, 2.05) is 6.92 Å². The average molecular weight is 560 g/mol. The Morgan fingerprint density at radius 1 is 1.08 bits per heavy atom. The summed E-state index contributed by atoms with van der Waals surface area (Å²) >= 11 is 0.959. The van der Waals surface area contributed by atoms with E-state index in [9.17, 15) is 23.1 Å². The van der Waals surface area contributed by atoms with Crippen molar-refractivity contribution in [2.45, 2.75) is 37.0 Å². The summed E-state index contributed by atoms with van der Waals surface area (Å²) < 4.78 is 39.0. The van der Waals surface area contributed by atoms with Gasteiger partial charge in [-0.25, -0.2) is 18.0 Å². The van der Waals surface area contributed by atoms with Gasteiger partial charge in [0.05, 0.1) is 4.90 Å². The number of carbonyl (C=O) groups is 2. The van der Waals surface area contributed by atoms with Crippen LogP contribution in [-0.2, 0) is 14.6 Å². The molecule has 1 atom stereocenters. The first kappa shape index (κ1) is 27.6. The fraction of sp³-hybridized carbons (Fsp3) is 0.333. The van der Waals surface area contributed by atoms with E-state index in [4.69, 9.17) is 14.6 Å². The predicted molar refractivity (Wildman–Crippen MR) is 143 cm³/mol. The molecule has 0 saturated carbocycles. The highest BCUT2D eigenvalue weighted by molar-refractivity contribution is 7.92. The van der Waals surface area contributed by atoms with Crippen molar-refractivity contribution < 1.29 is 37.7 Å². The van der Waals surface area contributed by atoms with Crippen molar-refractivity contribution in [1.82, 2.24) is 5.32 Å². The standard InChI is InChI=1S/C27H29NO8S2/c1-16-6-8-21(9-7-16)38(33,34)27(18-10-12-28-13-11-18)36-20-5-3-4-19(14-20)24-17(2)23(35-15-22(29)30)25(37-24)26(31)32/h3-9,14,18,27-28H,10-13,15H2,1-2H3,(H,29,30)(H,31,32). The molecule has 1 fully saturated rings. The molecule has 2 aromatic carbocycles. The number of carboxylic acid groups (broad SMARTS) is 2. The predicted octanol–water partition coefficient (Wildman–Crippen LogP) is 4.37. The summed E-state index contributed by atoms with van der Waals surface area (Å²) in [7, 11) is -3.83. The van der Waals surface area contributed by atoms with Crippen molar-refractivity contribution in [3.63, 3.8) is 0 Å². The zero-order valence-electron chi connectivity index (χ0n) is 21.0. The van der Waals surface area contributed by atoms with Gasteiger partial charge in [-0.15, -0.1) is 11.3 Å². The molecule has 11 heteroatoms. The van der Waals surface area contributed by atoms with Crippen LogP contribution in [0.3, 0.4) is 0 Å². The molecular weight excluding hydrogens is 530 g/mol. The summed E-state index contributed by atoms with van der Waals surface area (Å²) in [6.45, 7) is 4.26. The van der Waals surface area contributed by atoms with Crippen LogP contribution in [0.15, 0.2) is 53.4 Å². The van der Waals surface area contributed by atoms with Gasteiger partial charge in [-0.1, -0.05) is 29.8 Å². The lowest BCUT2D eigenvalue weighted by atomic mass is 9.99. The summed E-state index contributed by atoms with van der Waals surface area (Å²) in [5, 5.41) is 21.9. The number of sulfone groups is 1. The number of thiophene rings is 1. The maximum Gasteiger partial charge on any atom is 0.349 e. The third-order valence-corrected chi connectivity index (χ3v) is 9.73. The molecule has 4 rings (SSSR count). The van der Waals surface area contributed by atoms with Crippen LogP contribution in [0, 0.1) is 19.8 Å². The molecule has 3 aromatic rings. The highest BCUT2D eigenvalue weighted by Gasteiger charge is 2.37. The number of aryl methyl sites for hydroxylation is 1. The minimum absolute atomic E-state index is 0.000697. The molecular formula is C27H29NO8S2. The molecule has 9 nitrogen and oxygen atoms in total. The highest BCUT2D eigenvalue weighted by Crippen LogP contribution is 2.42. The lowest BCUT2D eigenvalue weighted by Gasteiger charge is -2.31. The lowest BCUT2D eigenvalue weighted by Crippen LogP contribution is -2.41. The van der Waals surface area contributed by atoms with Gasteiger partial charge >= 0.3 is 11.9 Å². The highest BCUT2D eigenvalue weighted by atomic mass is 32.2. The quantitative estimate of drug-likeness (QED) is 0.330. The molecule has 202 valence electrons.